The lowest BCUT2D eigenvalue weighted by Gasteiger charge is -2.45. The fraction of sp³-hybridized carbons (Fsp3) is 0.857. The van der Waals surface area contributed by atoms with Gasteiger partial charge in [-0.1, -0.05) is 0 Å². The molecule has 2 fully saturated rings. The summed E-state index contributed by atoms with van der Waals surface area (Å²) < 4.78 is 5.41. The van der Waals surface area contributed by atoms with Crippen LogP contribution in [0.25, 0.3) is 0 Å². The van der Waals surface area contributed by atoms with Crippen LogP contribution in [0.4, 0.5) is 4.79 Å². The summed E-state index contributed by atoms with van der Waals surface area (Å²) in [7, 11) is 0. The SMILES string of the molecule is CC(C)(C)OC(=O)N1CCCC2(CC(=O)CCN2)C1. The van der Waals surface area contributed by atoms with E-state index in [1.807, 2.05) is 20.8 Å². The van der Waals surface area contributed by atoms with Gasteiger partial charge in [0.2, 0.25) is 0 Å². The van der Waals surface area contributed by atoms with E-state index in [1.54, 1.807) is 4.90 Å². The Labute approximate surface area is 114 Å². The summed E-state index contributed by atoms with van der Waals surface area (Å²) in [5.41, 5.74) is -0.692. The fourth-order valence-corrected chi connectivity index (χ4v) is 2.90. The molecule has 1 amide bonds. The van der Waals surface area contributed by atoms with Crippen LogP contribution < -0.4 is 5.32 Å². The van der Waals surface area contributed by atoms with Gasteiger partial charge in [0, 0.05) is 38.0 Å². The molecule has 0 aliphatic carbocycles. The molecule has 0 saturated carbocycles. The number of rotatable bonds is 0. The van der Waals surface area contributed by atoms with E-state index in [1.165, 1.54) is 0 Å². The van der Waals surface area contributed by atoms with Gasteiger partial charge in [-0.2, -0.15) is 0 Å². The molecule has 108 valence electrons. The summed E-state index contributed by atoms with van der Waals surface area (Å²) in [5, 5.41) is 3.44. The molecule has 0 aromatic rings. The third-order valence-corrected chi connectivity index (χ3v) is 3.67. The summed E-state index contributed by atoms with van der Waals surface area (Å²) in [6.07, 6.45) is 2.74. The van der Waals surface area contributed by atoms with Gasteiger partial charge in [-0.15, -0.1) is 0 Å². The maximum Gasteiger partial charge on any atom is 0.410 e. The highest BCUT2D eigenvalue weighted by atomic mass is 16.6. The van der Waals surface area contributed by atoms with E-state index in [0.717, 1.165) is 19.4 Å². The molecular weight excluding hydrogens is 244 g/mol. The van der Waals surface area contributed by atoms with Crippen LogP contribution in [0.3, 0.4) is 0 Å². The third kappa shape index (κ3) is 3.69. The number of carbonyl (C=O) groups excluding carboxylic acids is 2. The van der Waals surface area contributed by atoms with Gasteiger partial charge in [0.15, 0.2) is 0 Å². The Morgan fingerprint density at radius 2 is 2.16 bits per heavy atom. The first-order valence-corrected chi connectivity index (χ1v) is 7.04. The summed E-state index contributed by atoms with van der Waals surface area (Å²) >= 11 is 0. The number of hydrogen-bond acceptors (Lipinski definition) is 4. The molecule has 0 bridgehead atoms. The Morgan fingerprint density at radius 3 is 2.79 bits per heavy atom. The molecule has 1 spiro atoms. The van der Waals surface area contributed by atoms with Crippen LogP contribution in [-0.4, -0.2) is 47.6 Å². The first-order valence-electron chi connectivity index (χ1n) is 7.04. The van der Waals surface area contributed by atoms with E-state index < -0.39 is 5.60 Å². The molecule has 0 aromatic carbocycles. The van der Waals surface area contributed by atoms with Crippen LogP contribution in [0.2, 0.25) is 0 Å². The normalized spacial score (nSPS) is 28.6. The number of carbonyl (C=O) groups is 2. The number of nitrogens with zero attached hydrogens (tertiary/aromatic N) is 1. The maximum atomic E-state index is 12.1. The van der Waals surface area contributed by atoms with Crippen molar-refractivity contribution in [3.8, 4) is 0 Å². The van der Waals surface area contributed by atoms with Gasteiger partial charge in [0.05, 0.1) is 0 Å². The van der Waals surface area contributed by atoms with Crippen molar-refractivity contribution >= 4 is 11.9 Å². The van der Waals surface area contributed by atoms with Crippen LogP contribution in [0.15, 0.2) is 0 Å². The van der Waals surface area contributed by atoms with Gasteiger partial charge in [-0.05, 0) is 33.6 Å². The number of hydrogen-bond donors (Lipinski definition) is 1. The lowest BCUT2D eigenvalue weighted by atomic mass is 9.81. The Hall–Kier alpha value is -1.10. The van der Waals surface area contributed by atoms with E-state index >= 15 is 0 Å². The summed E-state index contributed by atoms with van der Waals surface area (Å²) in [6.45, 7) is 7.62. The molecule has 0 radical (unpaired) electrons. The number of nitrogens with one attached hydrogen (secondary N) is 1. The fourth-order valence-electron chi connectivity index (χ4n) is 2.90. The monoisotopic (exact) mass is 268 g/mol. The van der Waals surface area contributed by atoms with E-state index in [4.69, 9.17) is 4.74 Å². The highest BCUT2D eigenvalue weighted by Gasteiger charge is 2.41. The maximum absolute atomic E-state index is 12.1. The van der Waals surface area contributed by atoms with Crippen molar-refractivity contribution < 1.29 is 14.3 Å². The molecule has 2 aliphatic heterocycles. The number of amides is 1. The molecule has 2 heterocycles. The number of ketones is 1. The molecule has 2 rings (SSSR count). The highest BCUT2D eigenvalue weighted by molar-refractivity contribution is 5.81. The smallest absolute Gasteiger partial charge is 0.410 e. The average Bonchev–Trinajstić information content (AvgIpc) is 2.26. The minimum atomic E-state index is -0.475. The predicted molar refractivity (Wildman–Crippen MR) is 72.0 cm³/mol. The Balaban J connectivity index is 2.00. The molecule has 0 aromatic heterocycles. The van der Waals surface area contributed by atoms with Gasteiger partial charge < -0.3 is 15.0 Å². The molecule has 1 N–H and O–H groups in total. The van der Waals surface area contributed by atoms with Crippen molar-refractivity contribution in [2.24, 2.45) is 0 Å². The number of piperidine rings is 2. The van der Waals surface area contributed by atoms with E-state index in [9.17, 15) is 9.59 Å². The van der Waals surface area contributed by atoms with E-state index in [-0.39, 0.29) is 11.6 Å². The molecule has 5 heteroatoms. The van der Waals surface area contributed by atoms with Crippen molar-refractivity contribution in [3.05, 3.63) is 0 Å². The molecule has 5 nitrogen and oxygen atoms in total. The van der Waals surface area contributed by atoms with E-state index in [0.29, 0.717) is 31.7 Å². The van der Waals surface area contributed by atoms with Gasteiger partial charge in [0.1, 0.15) is 11.4 Å². The number of ether oxygens (including phenoxy) is 1. The third-order valence-electron chi connectivity index (χ3n) is 3.67. The van der Waals surface area contributed by atoms with Crippen LogP contribution in [0, 0.1) is 0 Å². The topological polar surface area (TPSA) is 58.6 Å². The molecule has 19 heavy (non-hydrogen) atoms. The molecule has 2 aliphatic rings. The van der Waals surface area contributed by atoms with Gasteiger partial charge in [0.25, 0.3) is 0 Å². The molecular formula is C14H24N2O3. The predicted octanol–water partition coefficient (Wildman–Crippen LogP) is 1.71. The summed E-state index contributed by atoms with van der Waals surface area (Å²) in [6, 6.07) is 0. The number of Topliss-reactive ketones (excluding diaryl/α,β-unsaturated/α-hetero) is 1. The zero-order valence-electron chi connectivity index (χ0n) is 12.1. The second-order valence-corrected chi connectivity index (χ2v) is 6.68. The quantitative estimate of drug-likeness (QED) is 0.726. The summed E-state index contributed by atoms with van der Waals surface area (Å²) in [5.74, 6) is 0.296. The van der Waals surface area contributed by atoms with E-state index in [2.05, 4.69) is 5.32 Å². The van der Waals surface area contributed by atoms with Gasteiger partial charge in [-0.3, -0.25) is 4.79 Å². The zero-order valence-corrected chi connectivity index (χ0v) is 12.1. The second-order valence-electron chi connectivity index (χ2n) is 6.68. The molecule has 2 saturated heterocycles. The Kier molecular flexibility index (Phi) is 3.85. The van der Waals surface area contributed by atoms with Gasteiger partial charge >= 0.3 is 6.09 Å². The van der Waals surface area contributed by atoms with Crippen LogP contribution >= 0.6 is 0 Å². The highest BCUT2D eigenvalue weighted by Crippen LogP contribution is 2.28. The molecule has 1 atom stereocenters. The van der Waals surface area contributed by atoms with Crippen molar-refractivity contribution in [1.82, 2.24) is 10.2 Å². The van der Waals surface area contributed by atoms with Crippen LogP contribution in [0.1, 0.15) is 46.5 Å². The summed E-state index contributed by atoms with van der Waals surface area (Å²) in [4.78, 5) is 25.5. The first kappa shape index (κ1) is 14.3. The van der Waals surface area contributed by atoms with Crippen molar-refractivity contribution in [2.75, 3.05) is 19.6 Å². The Bertz CT molecular complexity index is 371. The van der Waals surface area contributed by atoms with Crippen LogP contribution in [-0.2, 0) is 9.53 Å². The number of likely N-dealkylation sites (tertiary alicyclic amines) is 1. The van der Waals surface area contributed by atoms with Crippen molar-refractivity contribution in [2.45, 2.75) is 57.6 Å². The zero-order chi connectivity index (χ0) is 14.1. The Morgan fingerprint density at radius 1 is 1.42 bits per heavy atom. The van der Waals surface area contributed by atoms with Crippen molar-refractivity contribution in [1.29, 1.82) is 0 Å². The van der Waals surface area contributed by atoms with Crippen molar-refractivity contribution in [3.63, 3.8) is 0 Å². The minimum Gasteiger partial charge on any atom is -0.444 e. The van der Waals surface area contributed by atoms with Gasteiger partial charge in [-0.25, -0.2) is 4.79 Å². The van der Waals surface area contributed by atoms with Crippen LogP contribution in [0.5, 0.6) is 0 Å². The lowest BCUT2D eigenvalue weighted by molar-refractivity contribution is -0.123. The minimum absolute atomic E-state index is 0.218. The standard InChI is InChI=1S/C14H24N2O3/c1-13(2,3)19-12(18)16-8-4-6-14(10-16)9-11(17)5-7-15-14/h15H,4-10H2,1-3H3. The lowest BCUT2D eigenvalue weighted by Crippen LogP contribution is -2.61. The molecule has 1 unspecified atom stereocenters. The largest absolute Gasteiger partial charge is 0.444 e. The average molecular weight is 268 g/mol. The second kappa shape index (κ2) is 5.12. The first-order chi connectivity index (χ1) is 8.80.